The number of nitrogens with two attached hydrogens (primary N) is 1. The van der Waals surface area contributed by atoms with Gasteiger partial charge in [0, 0.05) is 120 Å². The van der Waals surface area contributed by atoms with Gasteiger partial charge in [0.2, 0.25) is 47.3 Å². The molecule has 2 aliphatic rings. The number of carbonyl (C=O) groups excluding carboxylic acids is 11. The Bertz CT molecular complexity index is 3330. The first kappa shape index (κ1) is 83.1. The van der Waals surface area contributed by atoms with Crippen LogP contribution in [0.25, 0.3) is 10.9 Å². The van der Waals surface area contributed by atoms with E-state index in [1.54, 1.807) is 65.7 Å². The van der Waals surface area contributed by atoms with E-state index in [2.05, 4.69) is 47.5 Å². The van der Waals surface area contributed by atoms with Crippen LogP contribution in [0.1, 0.15) is 49.8 Å². The molecule has 35 heteroatoms. The van der Waals surface area contributed by atoms with Crippen molar-refractivity contribution in [2.75, 3.05) is 103 Å². The zero-order chi connectivity index (χ0) is 72.1. The molecule has 15 N–H and O–H groups in total. The molecule has 2 saturated heterocycles. The first-order valence-electron chi connectivity index (χ1n) is 32.5. The number of aliphatic carboxylic acids is 3. The summed E-state index contributed by atoms with van der Waals surface area (Å²) in [5.74, 6) is -12.6. The molecule has 10 atom stereocenters. The van der Waals surface area contributed by atoms with Gasteiger partial charge in [0.05, 0.1) is 49.3 Å². The van der Waals surface area contributed by atoms with Crippen LogP contribution >= 0.6 is 21.6 Å². The molecule has 4 aromatic rings. The van der Waals surface area contributed by atoms with Gasteiger partial charge in [-0.15, -0.1) is 0 Å². The van der Waals surface area contributed by atoms with Crippen molar-refractivity contribution in [3.8, 4) is 5.75 Å². The van der Waals surface area contributed by atoms with E-state index in [0.717, 1.165) is 21.6 Å². The molecule has 3 heterocycles. The average molecular weight is 1630 g/mol. The van der Waals surface area contributed by atoms with Gasteiger partial charge in [-0.2, -0.15) is 0 Å². The number of aromatic nitrogens is 1. The molecular weight excluding hydrogens is 1540 g/mol. The van der Waals surface area contributed by atoms with Crippen molar-refractivity contribution in [2.24, 2.45) is 5.73 Å². The van der Waals surface area contributed by atoms with Crippen molar-refractivity contribution in [1.29, 1.82) is 0 Å². The predicted molar refractivity (Wildman–Crippen MR) is 364 cm³/mol. The number of phenolic OH excluding ortho intramolecular Hbond substituents is 1. The van der Waals surface area contributed by atoms with E-state index in [4.69, 9.17) is 5.73 Å². The van der Waals surface area contributed by atoms with Gasteiger partial charge in [-0.3, -0.25) is 58.0 Å². The maximum Gasteiger partial charge on any atom is 3.00 e. The number of aliphatic hydroxyl groups excluding tert-OH is 3. The average Bonchev–Trinajstić information content (AvgIpc) is 1.62. The zero-order valence-electron chi connectivity index (χ0n) is 55.5. The largest absolute Gasteiger partial charge is 3.00 e. The number of nitrogens with zero attached hydrogens (tertiary/aromatic N) is 4. The van der Waals surface area contributed by atoms with Crippen LogP contribution in [-0.4, -0.2) is 300 Å². The molecule has 1 aromatic heterocycles. The van der Waals surface area contributed by atoms with Crippen molar-refractivity contribution < 1.29 is 88.5 Å². The third-order valence-corrected chi connectivity index (χ3v) is 19.0. The fourth-order valence-electron chi connectivity index (χ4n) is 11.0. The number of rotatable bonds is 26. The van der Waals surface area contributed by atoms with Gasteiger partial charge in [0.25, 0.3) is 0 Å². The Morgan fingerprint density at radius 3 is 1.68 bits per heavy atom. The summed E-state index contributed by atoms with van der Waals surface area (Å²) in [7, 11) is 1.79. The predicted octanol–water partition coefficient (Wildman–Crippen LogP) is -7.85. The Labute approximate surface area is 605 Å². The maximum absolute atomic E-state index is 15.3. The summed E-state index contributed by atoms with van der Waals surface area (Å²) in [5.41, 5.74) is 8.01. The molecular formula is C65H89BiN14O18S2. The van der Waals surface area contributed by atoms with Crippen LogP contribution in [-0.2, 0) is 72.0 Å². The number of carboxylic acid groups (broad SMARTS) is 3. The van der Waals surface area contributed by atoms with E-state index in [9.17, 15) is 74.1 Å². The summed E-state index contributed by atoms with van der Waals surface area (Å²) < 4.78 is 0. The molecule has 32 nitrogen and oxygen atoms in total. The van der Waals surface area contributed by atoms with Gasteiger partial charge in [-0.1, -0.05) is 82.3 Å². The number of H-pyrrole nitrogens is 1. The zero-order valence-corrected chi connectivity index (χ0v) is 60.7. The van der Waals surface area contributed by atoms with Crippen molar-refractivity contribution in [3.63, 3.8) is 0 Å². The van der Waals surface area contributed by atoms with Crippen molar-refractivity contribution in [2.45, 2.75) is 113 Å². The summed E-state index contributed by atoms with van der Waals surface area (Å²) in [6.07, 6.45) is -1.38. The number of aromatic hydroxyl groups is 1. The number of aromatic amines is 1. The quantitative estimate of drug-likeness (QED) is 0.0158. The van der Waals surface area contributed by atoms with Gasteiger partial charge in [0.15, 0.2) is 0 Å². The number of amides is 8. The number of carboxylic acids is 3. The number of carbonyl (C=O) groups is 11. The van der Waals surface area contributed by atoms with Gasteiger partial charge in [-0.25, -0.2) is 0 Å². The number of phenols is 1. The molecule has 0 aliphatic carbocycles. The fraction of sp³-hybridized carbons (Fsp3) is 0.523. The number of aliphatic hydroxyl groups is 3. The maximum atomic E-state index is 15.3. The van der Waals surface area contributed by atoms with E-state index >= 15 is 14.4 Å². The topological polar surface area (TPSA) is 489 Å². The van der Waals surface area contributed by atoms with E-state index < -0.39 is 158 Å². The minimum absolute atomic E-state index is 0. The van der Waals surface area contributed by atoms with Crippen LogP contribution in [0.3, 0.4) is 0 Å². The van der Waals surface area contributed by atoms with Crippen LogP contribution in [0, 0.1) is 0 Å². The Balaban J connectivity index is 0.0000180. The molecule has 8 amide bonds. The summed E-state index contributed by atoms with van der Waals surface area (Å²) in [6, 6.07) is 9.03. The van der Waals surface area contributed by atoms with Gasteiger partial charge in [-0.05, 0) is 74.5 Å². The minimum atomic E-state index is -1.78. The number of benzene rings is 3. The van der Waals surface area contributed by atoms with Crippen LogP contribution in [0.4, 0.5) is 0 Å². The fourth-order valence-corrected chi connectivity index (χ4v) is 13.4. The molecule has 100 heavy (non-hydrogen) atoms. The third-order valence-electron chi connectivity index (χ3n) is 16.6. The number of hydrogen-bond donors (Lipinski definition) is 14. The number of fused-ring (bicyclic) bond motifs is 1. The Morgan fingerprint density at radius 2 is 1.13 bits per heavy atom. The summed E-state index contributed by atoms with van der Waals surface area (Å²) >= 11 is 0. The molecule has 0 bridgehead atoms. The van der Waals surface area contributed by atoms with Crippen molar-refractivity contribution in [3.05, 3.63) is 102 Å². The molecule has 0 unspecified atom stereocenters. The number of unbranched alkanes of at least 4 members (excludes halogenated alkanes) is 1. The second-order valence-electron chi connectivity index (χ2n) is 24.4. The summed E-state index contributed by atoms with van der Waals surface area (Å²) in [6.45, 7) is 0.0360. The number of nitrogens with one attached hydrogen (secondary N) is 9. The van der Waals surface area contributed by atoms with Crippen molar-refractivity contribution >= 4 is 124 Å². The molecule has 6 rings (SSSR count). The first-order chi connectivity index (χ1) is 47.3. The van der Waals surface area contributed by atoms with Crippen LogP contribution in [0.2, 0.25) is 0 Å². The Hall–Kier alpha value is -7.57. The van der Waals surface area contributed by atoms with E-state index in [1.807, 2.05) is 0 Å². The molecule has 2 aliphatic heterocycles. The minimum Gasteiger partial charge on any atom is -0.549 e. The molecule has 2 fully saturated rings. The second kappa shape index (κ2) is 42.6. The van der Waals surface area contributed by atoms with Gasteiger partial charge < -0.3 is 103 Å². The normalized spacial score (nSPS) is 21.8. The Morgan fingerprint density at radius 1 is 0.610 bits per heavy atom. The number of para-hydroxylation sites is 1. The Kier molecular flexibility index (Phi) is 35.4. The van der Waals surface area contributed by atoms with Crippen molar-refractivity contribution in [1.82, 2.24) is 67.1 Å². The van der Waals surface area contributed by atoms with E-state index in [0.29, 0.717) is 34.0 Å². The summed E-state index contributed by atoms with van der Waals surface area (Å²) in [5, 5.41) is 99.3. The second-order valence-corrected chi connectivity index (χ2v) is 26.9. The van der Waals surface area contributed by atoms with Gasteiger partial charge >= 0.3 is 26.2 Å². The standard InChI is InChI=1S/C65H92N14O18S2.Bi/c1-39(81)51(36-80)72-64(96)53-38-99-98-37-52(73-60(92)48(28-41-10-4-3-5-11-41)68-54(84)32-76-20-22-77(33-55(85)86)24-26-79(35-57(89)90)27-25-78(23-21-76)34-56(87)88)63(95)70-49(29-42-15-17-44(83)18-16-42)61(93)71-50(30-43-31-67-46-13-7-6-12-45(43)46)62(94)69-47(14-8-9-19-66)59(91)75-58(40(2)82)65(97)74-53;/h3-7,10-13,15-18,31,39-40,47-53,58,67,80-83H,8-9,14,19-30,32-38,66H2,1-2H3,(H,68,84)(H,69,94)(H,70,95)(H,71,93)(H,72,96)(H,73,92)(H,74,97)(H,75,91)(H,85,86)(H,87,88)(H,89,90);/q;+3/p-3/t39-,40-,47+,48-,49+,50-,51-,52+,53+,58+;/m1./s1/i;1+4. The number of hydrogen-bond acceptors (Lipinski definition) is 25. The molecule has 544 valence electrons. The monoisotopic (exact) mass is 1630 g/mol. The molecule has 0 spiro atoms. The third kappa shape index (κ3) is 28.1. The van der Waals surface area contributed by atoms with Gasteiger partial charge in [0.1, 0.15) is 48.0 Å². The van der Waals surface area contributed by atoms with Crippen LogP contribution in [0.15, 0.2) is 85.1 Å². The van der Waals surface area contributed by atoms with E-state index in [-0.39, 0.29) is 134 Å². The van der Waals surface area contributed by atoms with Crippen LogP contribution < -0.4 is 63.6 Å². The molecule has 2 radical (unpaired) electrons. The molecule has 0 saturated carbocycles. The van der Waals surface area contributed by atoms with E-state index in [1.165, 1.54) is 52.8 Å². The van der Waals surface area contributed by atoms with Crippen LogP contribution in [0.5, 0.6) is 5.75 Å². The molecule has 3 aromatic carbocycles. The first-order valence-corrected chi connectivity index (χ1v) is 35.0. The SMILES string of the molecule is C[C@@H](O)[C@@H]1NC(=O)[C@H](CCCCN)NC(=O)[C@@H](Cc2c[nH]c3ccccc23)NC(=O)[C@H](Cc2ccc(O)cc2)NC(=O)[C@@H](NC(=O)[C@@H](Cc2ccccc2)NC(=O)CN2CCN(CC(=O)[O-])CCN(CC(=O)[O-])CCN(CC(=O)[O-])CC2)CSSC[C@@H](C(=O)N[C@H](CO)[C@@H](C)O)NC1=O.[213Bi+3]. The smallest absolute Gasteiger partial charge is 0.549 e. The summed E-state index contributed by atoms with van der Waals surface area (Å²) in [4.78, 5) is 163.